The van der Waals surface area contributed by atoms with Gasteiger partial charge in [-0.05, 0) is 52.4 Å². The molecule has 3 rings (SSSR count). The minimum absolute atomic E-state index is 0.115. The minimum atomic E-state index is -0.270. The molecule has 2 aliphatic heterocycles. The van der Waals surface area contributed by atoms with Crippen LogP contribution in [0.5, 0.6) is 0 Å². The van der Waals surface area contributed by atoms with Gasteiger partial charge in [0.1, 0.15) is 24.4 Å². The van der Waals surface area contributed by atoms with E-state index in [-0.39, 0.29) is 47.2 Å². The van der Waals surface area contributed by atoms with Gasteiger partial charge in [0.2, 0.25) is 0 Å². The zero-order chi connectivity index (χ0) is 18.9. The number of esters is 2. The lowest BCUT2D eigenvalue weighted by Crippen LogP contribution is -2.32. The van der Waals surface area contributed by atoms with E-state index < -0.39 is 0 Å². The van der Waals surface area contributed by atoms with Gasteiger partial charge in [-0.3, -0.25) is 9.59 Å². The predicted molar refractivity (Wildman–Crippen MR) is 94.5 cm³/mol. The van der Waals surface area contributed by atoms with Gasteiger partial charge in [-0.2, -0.15) is 0 Å². The van der Waals surface area contributed by atoms with Crippen molar-refractivity contribution in [2.75, 3.05) is 13.2 Å². The number of hydrogen-bond donors (Lipinski definition) is 0. The molecule has 0 N–H and O–H groups in total. The van der Waals surface area contributed by atoms with Crippen molar-refractivity contribution in [3.63, 3.8) is 0 Å². The molecule has 3 aliphatic rings. The first-order valence-electron chi connectivity index (χ1n) is 10.0. The number of hydrogen-bond acceptors (Lipinski definition) is 6. The Morgan fingerprint density at radius 2 is 1.12 bits per heavy atom. The highest BCUT2D eigenvalue weighted by molar-refractivity contribution is 5.75. The fraction of sp³-hybridized carbons (Fsp3) is 0.900. The lowest BCUT2D eigenvalue weighted by molar-refractivity contribution is -0.157. The average molecular weight is 368 g/mol. The molecule has 3 fully saturated rings. The van der Waals surface area contributed by atoms with E-state index >= 15 is 0 Å². The van der Waals surface area contributed by atoms with E-state index in [9.17, 15) is 9.59 Å². The Hall–Kier alpha value is -1.14. The van der Waals surface area contributed by atoms with Gasteiger partial charge in [0, 0.05) is 0 Å². The second-order valence-corrected chi connectivity index (χ2v) is 8.12. The second-order valence-electron chi connectivity index (χ2n) is 8.12. The Morgan fingerprint density at radius 3 is 1.35 bits per heavy atom. The maximum absolute atomic E-state index is 12.3. The minimum Gasteiger partial charge on any atom is -0.462 e. The van der Waals surface area contributed by atoms with Crippen LogP contribution in [0.4, 0.5) is 0 Å². The first-order valence-corrected chi connectivity index (χ1v) is 10.0. The summed E-state index contributed by atoms with van der Waals surface area (Å²) in [6.45, 7) is 8.77. The van der Waals surface area contributed by atoms with Gasteiger partial charge in [0.15, 0.2) is 0 Å². The van der Waals surface area contributed by atoms with Crippen molar-refractivity contribution >= 4 is 11.9 Å². The molecule has 0 aromatic heterocycles. The summed E-state index contributed by atoms with van der Waals surface area (Å²) in [4.78, 5) is 24.6. The molecular weight excluding hydrogens is 336 g/mol. The topological polar surface area (TPSA) is 77.7 Å². The highest BCUT2D eigenvalue weighted by Crippen LogP contribution is 2.41. The highest BCUT2D eigenvalue weighted by atomic mass is 16.6. The van der Waals surface area contributed by atoms with Gasteiger partial charge in [-0.1, -0.05) is 13.8 Å². The first-order chi connectivity index (χ1) is 12.4. The standard InChI is InChI=1S/C20H32O6/c1-5-19(13(3)25-19)11-23-17(21)15-7-9-16(10-8-15)18(22)24-12-20(6-2)14(4)26-20/h13-16H,5-12H2,1-4H3. The Kier molecular flexibility index (Phi) is 5.63. The third-order valence-corrected chi connectivity index (χ3v) is 6.70. The van der Waals surface area contributed by atoms with Gasteiger partial charge in [0.25, 0.3) is 0 Å². The van der Waals surface area contributed by atoms with Crippen LogP contribution < -0.4 is 0 Å². The molecule has 1 saturated carbocycles. The van der Waals surface area contributed by atoms with Crippen molar-refractivity contribution in [1.82, 2.24) is 0 Å². The smallest absolute Gasteiger partial charge is 0.309 e. The van der Waals surface area contributed by atoms with Crippen molar-refractivity contribution in [3.8, 4) is 0 Å². The molecule has 0 spiro atoms. The summed E-state index contributed by atoms with van der Waals surface area (Å²) >= 11 is 0. The lowest BCUT2D eigenvalue weighted by atomic mass is 9.82. The Balaban J connectivity index is 1.37. The van der Waals surface area contributed by atoms with E-state index in [2.05, 4.69) is 0 Å². The summed E-state index contributed by atoms with van der Waals surface area (Å²) in [5.41, 5.74) is -0.540. The van der Waals surface area contributed by atoms with E-state index in [1.54, 1.807) is 0 Å². The van der Waals surface area contributed by atoms with Crippen molar-refractivity contribution in [2.24, 2.45) is 11.8 Å². The molecule has 148 valence electrons. The van der Waals surface area contributed by atoms with Crippen molar-refractivity contribution in [1.29, 1.82) is 0 Å². The molecule has 2 heterocycles. The maximum atomic E-state index is 12.3. The zero-order valence-electron chi connectivity index (χ0n) is 16.4. The monoisotopic (exact) mass is 368 g/mol. The van der Waals surface area contributed by atoms with Crippen LogP contribution in [0.2, 0.25) is 0 Å². The number of carbonyl (C=O) groups is 2. The molecule has 0 radical (unpaired) electrons. The molecule has 0 amide bonds. The van der Waals surface area contributed by atoms with E-state index in [1.807, 2.05) is 27.7 Å². The fourth-order valence-corrected chi connectivity index (χ4v) is 4.07. The molecule has 0 aromatic rings. The predicted octanol–water partition coefficient (Wildman–Crippen LogP) is 3.01. The number of epoxide rings is 2. The Morgan fingerprint density at radius 1 is 0.808 bits per heavy atom. The van der Waals surface area contributed by atoms with Gasteiger partial charge < -0.3 is 18.9 Å². The SMILES string of the molecule is CCC1(COC(=O)C2CCC(C(=O)OCC3(CC)OC3C)CC2)OC1C. The third kappa shape index (κ3) is 3.91. The maximum Gasteiger partial charge on any atom is 0.309 e. The molecule has 4 unspecified atom stereocenters. The number of carbonyl (C=O) groups excluding carboxylic acids is 2. The molecule has 1 aliphatic carbocycles. The quantitative estimate of drug-likeness (QED) is 0.484. The van der Waals surface area contributed by atoms with Gasteiger partial charge in [0.05, 0.1) is 24.0 Å². The fourth-order valence-electron chi connectivity index (χ4n) is 4.07. The summed E-state index contributed by atoms with van der Waals surface area (Å²) in [5, 5.41) is 0. The Bertz CT molecular complexity index is 484. The second kappa shape index (κ2) is 7.47. The summed E-state index contributed by atoms with van der Waals surface area (Å²) in [6, 6.07) is 0. The molecule has 4 atom stereocenters. The van der Waals surface area contributed by atoms with Gasteiger partial charge in [-0.25, -0.2) is 0 Å². The van der Waals surface area contributed by atoms with Gasteiger partial charge in [-0.15, -0.1) is 0 Å². The summed E-state index contributed by atoms with van der Waals surface area (Å²) in [7, 11) is 0. The molecule has 6 nitrogen and oxygen atoms in total. The average Bonchev–Trinajstić information content (AvgIpc) is 3.53. The number of ether oxygens (including phenoxy) is 4. The molecule has 26 heavy (non-hydrogen) atoms. The molecule has 0 bridgehead atoms. The summed E-state index contributed by atoms with van der Waals surface area (Å²) in [5.74, 6) is -0.540. The highest BCUT2D eigenvalue weighted by Gasteiger charge is 2.54. The van der Waals surface area contributed by atoms with Crippen molar-refractivity contribution in [2.45, 2.75) is 89.6 Å². The van der Waals surface area contributed by atoms with Crippen LogP contribution in [0, 0.1) is 11.8 Å². The number of rotatable bonds is 8. The third-order valence-electron chi connectivity index (χ3n) is 6.70. The van der Waals surface area contributed by atoms with Crippen LogP contribution in [0.25, 0.3) is 0 Å². The van der Waals surface area contributed by atoms with E-state index in [4.69, 9.17) is 18.9 Å². The van der Waals surface area contributed by atoms with E-state index in [0.717, 1.165) is 12.8 Å². The normalized spacial score (nSPS) is 41.4. The van der Waals surface area contributed by atoms with E-state index in [1.165, 1.54) is 0 Å². The summed E-state index contributed by atoms with van der Waals surface area (Å²) in [6.07, 6.45) is 4.74. The van der Waals surface area contributed by atoms with Crippen molar-refractivity contribution in [3.05, 3.63) is 0 Å². The van der Waals surface area contributed by atoms with Crippen LogP contribution in [0.3, 0.4) is 0 Å². The van der Waals surface area contributed by atoms with E-state index in [0.29, 0.717) is 38.9 Å². The molecular formula is C20H32O6. The lowest BCUT2D eigenvalue weighted by Gasteiger charge is -2.26. The molecule has 2 saturated heterocycles. The van der Waals surface area contributed by atoms with Crippen LogP contribution in [0.1, 0.15) is 66.2 Å². The first kappa shape index (κ1) is 19.6. The zero-order valence-corrected chi connectivity index (χ0v) is 16.4. The van der Waals surface area contributed by atoms with Crippen LogP contribution in [0.15, 0.2) is 0 Å². The molecule has 6 heteroatoms. The van der Waals surface area contributed by atoms with Crippen LogP contribution >= 0.6 is 0 Å². The summed E-state index contributed by atoms with van der Waals surface area (Å²) < 4.78 is 22.1. The Labute approximate surface area is 155 Å². The molecule has 0 aromatic carbocycles. The van der Waals surface area contributed by atoms with Crippen LogP contribution in [-0.2, 0) is 28.5 Å². The van der Waals surface area contributed by atoms with Gasteiger partial charge >= 0.3 is 11.9 Å². The largest absolute Gasteiger partial charge is 0.462 e. The van der Waals surface area contributed by atoms with Crippen molar-refractivity contribution < 1.29 is 28.5 Å². The van der Waals surface area contributed by atoms with Crippen LogP contribution in [-0.4, -0.2) is 48.6 Å².